The highest BCUT2D eigenvalue weighted by Crippen LogP contribution is 2.38. The number of nitrogens with one attached hydrogen (secondary N) is 2. The number of methoxy groups -OCH3 is 1. The van der Waals surface area contributed by atoms with E-state index in [4.69, 9.17) is 9.72 Å². The van der Waals surface area contributed by atoms with Gasteiger partial charge in [0.25, 0.3) is 5.56 Å². The van der Waals surface area contributed by atoms with E-state index in [0.29, 0.717) is 28.5 Å². The summed E-state index contributed by atoms with van der Waals surface area (Å²) in [4.78, 5) is 43.5. The van der Waals surface area contributed by atoms with Crippen molar-refractivity contribution in [3.8, 4) is 11.4 Å². The zero-order valence-electron chi connectivity index (χ0n) is 24.9. The Balaban J connectivity index is 1.60. The lowest BCUT2D eigenvalue weighted by atomic mass is 10.1. The third kappa shape index (κ3) is 6.16. The molecule has 3 heterocycles. The molecule has 3 aromatic heterocycles. The summed E-state index contributed by atoms with van der Waals surface area (Å²) in [6.45, 7) is 6.97. The molecule has 0 saturated heterocycles. The van der Waals surface area contributed by atoms with Crippen LogP contribution in [-0.2, 0) is 4.79 Å². The molecule has 5 rings (SSSR count). The highest BCUT2D eigenvalue weighted by Gasteiger charge is 2.18. The molecule has 1 amide bonds. The van der Waals surface area contributed by atoms with E-state index < -0.39 is 0 Å². The molecule has 0 fully saturated rings. The Bertz CT molecular complexity index is 1900. The van der Waals surface area contributed by atoms with Crippen LogP contribution in [0.4, 0.5) is 23.0 Å². The molecular formula is C32H34N8O3. The van der Waals surface area contributed by atoms with Crippen LogP contribution in [0.3, 0.4) is 0 Å². The first-order valence-electron chi connectivity index (χ1n) is 13.7. The Hall–Kier alpha value is -5.29. The standard InChI is InChI=1S/C32H34N8O3/c1-7-29(41)35-25-17-26(28(43-6)18-27(25)39(5)14-13-38(3)4)36-32-34-19-23-20(2)15-30(42)40(31(23)37-32)22-10-11-24-21(16-22)9-8-12-33-24/h7-12,15-19H,1,13-14H2,2-6H3,(H,35,41)(H,34,36,37). The van der Waals surface area contributed by atoms with Gasteiger partial charge in [-0.1, -0.05) is 12.6 Å². The number of rotatable bonds is 10. The minimum atomic E-state index is -0.342. The number of ether oxygens (including phenoxy) is 1. The maximum Gasteiger partial charge on any atom is 0.257 e. The lowest BCUT2D eigenvalue weighted by molar-refractivity contribution is -0.111. The number of benzene rings is 2. The van der Waals surface area contributed by atoms with Gasteiger partial charge in [-0.15, -0.1) is 0 Å². The number of anilines is 4. The number of fused-ring (bicyclic) bond motifs is 2. The fraction of sp³-hybridized carbons (Fsp3) is 0.219. The molecule has 0 bridgehead atoms. The van der Waals surface area contributed by atoms with Gasteiger partial charge < -0.3 is 25.2 Å². The maximum absolute atomic E-state index is 13.3. The molecule has 0 atom stereocenters. The molecule has 2 aromatic carbocycles. The Morgan fingerprint density at radius 1 is 1.07 bits per heavy atom. The van der Waals surface area contributed by atoms with Crippen molar-refractivity contribution < 1.29 is 9.53 Å². The zero-order chi connectivity index (χ0) is 30.7. The van der Waals surface area contributed by atoms with E-state index in [2.05, 4.69) is 32.1 Å². The van der Waals surface area contributed by atoms with Crippen LogP contribution in [-0.4, -0.2) is 71.7 Å². The van der Waals surface area contributed by atoms with Crippen LogP contribution in [0.15, 0.2) is 78.4 Å². The number of carbonyl (C=O) groups is 1. The predicted molar refractivity (Wildman–Crippen MR) is 172 cm³/mol. The molecule has 11 nitrogen and oxygen atoms in total. The van der Waals surface area contributed by atoms with Crippen LogP contribution in [0.2, 0.25) is 0 Å². The average Bonchev–Trinajstić information content (AvgIpc) is 2.99. The quantitative estimate of drug-likeness (QED) is 0.231. The summed E-state index contributed by atoms with van der Waals surface area (Å²) in [6.07, 6.45) is 4.64. The van der Waals surface area contributed by atoms with Gasteiger partial charge in [0, 0.05) is 55.4 Å². The molecule has 0 unspecified atom stereocenters. The Morgan fingerprint density at radius 3 is 2.63 bits per heavy atom. The molecule has 0 aliphatic carbocycles. The van der Waals surface area contributed by atoms with E-state index in [1.54, 1.807) is 36.2 Å². The van der Waals surface area contributed by atoms with Crippen molar-refractivity contribution >= 4 is 50.9 Å². The Morgan fingerprint density at radius 2 is 1.88 bits per heavy atom. The van der Waals surface area contributed by atoms with Gasteiger partial charge in [-0.2, -0.15) is 4.98 Å². The highest BCUT2D eigenvalue weighted by molar-refractivity contribution is 6.02. The summed E-state index contributed by atoms with van der Waals surface area (Å²) in [5.41, 5.74) is 4.36. The molecule has 0 aliphatic heterocycles. The number of amides is 1. The summed E-state index contributed by atoms with van der Waals surface area (Å²) in [7, 11) is 7.53. The fourth-order valence-corrected chi connectivity index (χ4v) is 4.79. The fourth-order valence-electron chi connectivity index (χ4n) is 4.79. The van der Waals surface area contributed by atoms with Crippen LogP contribution < -0.4 is 25.8 Å². The number of hydrogen-bond donors (Lipinski definition) is 2. The third-order valence-corrected chi connectivity index (χ3v) is 7.11. The van der Waals surface area contributed by atoms with Crippen molar-refractivity contribution in [1.29, 1.82) is 0 Å². The number of likely N-dealkylation sites (N-methyl/N-ethyl adjacent to an activating group) is 2. The number of aryl methyl sites for hydroxylation is 1. The summed E-state index contributed by atoms with van der Waals surface area (Å²) < 4.78 is 7.30. The molecule has 0 saturated carbocycles. The second-order valence-corrected chi connectivity index (χ2v) is 10.4. The van der Waals surface area contributed by atoms with Crippen LogP contribution in [0.5, 0.6) is 5.75 Å². The van der Waals surface area contributed by atoms with E-state index in [-0.39, 0.29) is 17.4 Å². The van der Waals surface area contributed by atoms with Crippen molar-refractivity contribution in [2.75, 3.05) is 56.9 Å². The average molecular weight is 579 g/mol. The van der Waals surface area contributed by atoms with E-state index in [1.807, 2.05) is 69.4 Å². The van der Waals surface area contributed by atoms with Gasteiger partial charge in [0.05, 0.1) is 35.4 Å². The second-order valence-electron chi connectivity index (χ2n) is 10.4. The van der Waals surface area contributed by atoms with Gasteiger partial charge in [-0.3, -0.25) is 19.1 Å². The van der Waals surface area contributed by atoms with Gasteiger partial charge in [0.15, 0.2) is 5.65 Å². The smallest absolute Gasteiger partial charge is 0.257 e. The van der Waals surface area contributed by atoms with Crippen LogP contribution in [0, 0.1) is 6.92 Å². The largest absolute Gasteiger partial charge is 0.494 e. The summed E-state index contributed by atoms with van der Waals surface area (Å²) in [6, 6.07) is 14.7. The minimum Gasteiger partial charge on any atom is -0.494 e. The number of aromatic nitrogens is 4. The van der Waals surface area contributed by atoms with Gasteiger partial charge in [-0.05, 0) is 63.0 Å². The molecule has 5 aromatic rings. The first kappa shape index (κ1) is 29.2. The van der Waals surface area contributed by atoms with Gasteiger partial charge in [-0.25, -0.2) is 4.98 Å². The zero-order valence-corrected chi connectivity index (χ0v) is 24.9. The van der Waals surface area contributed by atoms with Gasteiger partial charge in [0.1, 0.15) is 5.75 Å². The molecule has 11 heteroatoms. The van der Waals surface area contributed by atoms with E-state index in [0.717, 1.165) is 40.6 Å². The number of hydrogen-bond acceptors (Lipinski definition) is 9. The molecule has 220 valence electrons. The lowest BCUT2D eigenvalue weighted by Gasteiger charge is -2.26. The second kappa shape index (κ2) is 12.3. The highest BCUT2D eigenvalue weighted by atomic mass is 16.5. The Kier molecular flexibility index (Phi) is 8.35. The number of nitrogens with zero attached hydrogens (tertiary/aromatic N) is 6. The van der Waals surface area contributed by atoms with Crippen molar-refractivity contribution in [3.05, 3.63) is 89.5 Å². The van der Waals surface area contributed by atoms with E-state index in [9.17, 15) is 9.59 Å². The molecule has 0 spiro atoms. The molecule has 2 N–H and O–H groups in total. The third-order valence-electron chi connectivity index (χ3n) is 7.11. The number of pyridine rings is 2. The lowest BCUT2D eigenvalue weighted by Crippen LogP contribution is -2.29. The Labute approximate surface area is 249 Å². The van der Waals surface area contributed by atoms with Crippen molar-refractivity contribution in [1.82, 2.24) is 24.4 Å². The van der Waals surface area contributed by atoms with Crippen molar-refractivity contribution in [2.45, 2.75) is 6.92 Å². The summed E-state index contributed by atoms with van der Waals surface area (Å²) >= 11 is 0. The first-order chi connectivity index (χ1) is 20.7. The maximum atomic E-state index is 13.3. The van der Waals surface area contributed by atoms with Gasteiger partial charge >= 0.3 is 0 Å². The predicted octanol–water partition coefficient (Wildman–Crippen LogP) is 4.51. The number of carbonyl (C=O) groups excluding carboxylic acids is 1. The molecule has 0 aliphatic rings. The molecule has 0 radical (unpaired) electrons. The normalized spacial score (nSPS) is 11.1. The van der Waals surface area contributed by atoms with Crippen molar-refractivity contribution in [2.24, 2.45) is 0 Å². The van der Waals surface area contributed by atoms with Crippen LogP contribution in [0.25, 0.3) is 27.6 Å². The topological polar surface area (TPSA) is 118 Å². The summed E-state index contributed by atoms with van der Waals surface area (Å²) in [5.74, 6) is 0.433. The summed E-state index contributed by atoms with van der Waals surface area (Å²) in [5, 5.41) is 7.77. The molecule has 43 heavy (non-hydrogen) atoms. The van der Waals surface area contributed by atoms with Gasteiger partial charge in [0.2, 0.25) is 11.9 Å². The van der Waals surface area contributed by atoms with E-state index >= 15 is 0 Å². The SMILES string of the molecule is C=CC(=O)Nc1cc(Nc2ncc3c(C)cc(=O)n(-c4ccc5ncccc5c4)c3n2)c(OC)cc1N(C)CCN(C)C. The monoisotopic (exact) mass is 578 g/mol. The van der Waals surface area contributed by atoms with Crippen LogP contribution in [0.1, 0.15) is 5.56 Å². The van der Waals surface area contributed by atoms with Crippen LogP contribution >= 0.6 is 0 Å². The van der Waals surface area contributed by atoms with E-state index in [1.165, 1.54) is 6.08 Å². The van der Waals surface area contributed by atoms with Crippen molar-refractivity contribution in [3.63, 3.8) is 0 Å². The minimum absolute atomic E-state index is 0.213. The molecular weight excluding hydrogens is 544 g/mol. The first-order valence-corrected chi connectivity index (χ1v) is 13.7.